The van der Waals surface area contributed by atoms with Crippen LogP contribution in [0.1, 0.15) is 32.1 Å². The first-order valence-electron chi connectivity index (χ1n) is 11.6. The molecule has 2 aromatic heterocycles. The molecule has 33 heavy (non-hydrogen) atoms. The SMILES string of the molecule is CN(C)C(=O)C1(Nc2nc(-c3cccc4[nH]ncc34)nc(N3CCOCC3)n2)CCCCC1. The zero-order chi connectivity index (χ0) is 22.8. The smallest absolute Gasteiger partial charge is 0.247 e. The predicted molar refractivity (Wildman–Crippen MR) is 126 cm³/mol. The fourth-order valence-electron chi connectivity index (χ4n) is 4.80. The van der Waals surface area contributed by atoms with Gasteiger partial charge in [-0.2, -0.15) is 20.1 Å². The number of fused-ring (bicyclic) bond motifs is 1. The van der Waals surface area contributed by atoms with Crippen LogP contribution in [0, 0.1) is 0 Å². The lowest BCUT2D eigenvalue weighted by atomic mass is 9.80. The van der Waals surface area contributed by atoms with E-state index in [9.17, 15) is 4.79 Å². The van der Waals surface area contributed by atoms with Crippen LogP contribution in [0.5, 0.6) is 0 Å². The predicted octanol–water partition coefficient (Wildman–Crippen LogP) is 2.45. The number of aromatic nitrogens is 5. The maximum absolute atomic E-state index is 13.3. The third-order valence-electron chi connectivity index (χ3n) is 6.52. The molecule has 0 spiro atoms. The second kappa shape index (κ2) is 8.93. The van der Waals surface area contributed by atoms with Crippen molar-refractivity contribution in [2.75, 3.05) is 50.6 Å². The minimum absolute atomic E-state index is 0.0639. The van der Waals surface area contributed by atoms with Crippen molar-refractivity contribution >= 4 is 28.7 Å². The van der Waals surface area contributed by atoms with Crippen LogP contribution in [0.15, 0.2) is 24.4 Å². The van der Waals surface area contributed by atoms with E-state index in [1.807, 2.05) is 18.2 Å². The topological polar surface area (TPSA) is 112 Å². The number of anilines is 2. The van der Waals surface area contributed by atoms with Gasteiger partial charge in [0.2, 0.25) is 17.8 Å². The Balaban J connectivity index is 1.59. The van der Waals surface area contributed by atoms with Crippen LogP contribution >= 0.6 is 0 Å². The number of likely N-dealkylation sites (N-methyl/N-ethyl adjacent to an activating group) is 1. The normalized spacial score (nSPS) is 18.3. The molecule has 0 radical (unpaired) electrons. The number of ether oxygens (including phenoxy) is 1. The summed E-state index contributed by atoms with van der Waals surface area (Å²) in [6, 6.07) is 5.92. The summed E-state index contributed by atoms with van der Waals surface area (Å²) in [7, 11) is 3.61. The molecule has 1 saturated carbocycles. The number of rotatable bonds is 5. The van der Waals surface area contributed by atoms with Gasteiger partial charge in [-0.25, -0.2) is 0 Å². The molecule has 1 aliphatic heterocycles. The molecule has 1 saturated heterocycles. The van der Waals surface area contributed by atoms with Gasteiger partial charge in [0, 0.05) is 38.1 Å². The van der Waals surface area contributed by atoms with Gasteiger partial charge >= 0.3 is 0 Å². The molecule has 2 fully saturated rings. The molecule has 174 valence electrons. The highest BCUT2D eigenvalue weighted by atomic mass is 16.5. The number of carbonyl (C=O) groups is 1. The van der Waals surface area contributed by atoms with Gasteiger partial charge in [0.15, 0.2) is 5.82 Å². The number of H-pyrrole nitrogens is 1. The molecule has 1 aliphatic carbocycles. The number of benzene rings is 1. The van der Waals surface area contributed by atoms with Crippen LogP contribution in [-0.4, -0.2) is 81.9 Å². The van der Waals surface area contributed by atoms with Gasteiger partial charge < -0.3 is 19.9 Å². The first kappa shape index (κ1) is 21.6. The van der Waals surface area contributed by atoms with Gasteiger partial charge in [-0.05, 0) is 18.9 Å². The van der Waals surface area contributed by atoms with Crippen LogP contribution in [-0.2, 0) is 9.53 Å². The Labute approximate surface area is 192 Å². The van der Waals surface area contributed by atoms with E-state index in [1.54, 1.807) is 25.2 Å². The van der Waals surface area contributed by atoms with E-state index in [0.29, 0.717) is 44.0 Å². The van der Waals surface area contributed by atoms with Gasteiger partial charge in [-0.3, -0.25) is 9.89 Å². The standard InChI is InChI=1S/C23H30N8O2/c1-30(2)20(32)23(9-4-3-5-10-23)28-21-25-19(16-7-6-8-18-17(16)15-24-29-18)26-22(27-21)31-11-13-33-14-12-31/h6-8,15H,3-5,9-14H2,1-2H3,(H,24,29)(H,25,26,27,28). The Morgan fingerprint density at radius 1 is 1.12 bits per heavy atom. The molecule has 3 heterocycles. The first-order valence-corrected chi connectivity index (χ1v) is 11.6. The highest BCUT2D eigenvalue weighted by Gasteiger charge is 2.41. The summed E-state index contributed by atoms with van der Waals surface area (Å²) < 4.78 is 5.52. The number of amides is 1. The van der Waals surface area contributed by atoms with Crippen molar-refractivity contribution in [3.05, 3.63) is 24.4 Å². The Kier molecular flexibility index (Phi) is 5.84. The van der Waals surface area contributed by atoms with Crippen molar-refractivity contribution in [3.63, 3.8) is 0 Å². The Morgan fingerprint density at radius 2 is 1.91 bits per heavy atom. The van der Waals surface area contributed by atoms with Crippen LogP contribution in [0.3, 0.4) is 0 Å². The summed E-state index contributed by atoms with van der Waals surface area (Å²) in [6.07, 6.45) is 6.43. The fraction of sp³-hybridized carbons (Fsp3) is 0.522. The van der Waals surface area contributed by atoms with E-state index >= 15 is 0 Å². The van der Waals surface area contributed by atoms with Crippen molar-refractivity contribution in [3.8, 4) is 11.4 Å². The summed E-state index contributed by atoms with van der Waals surface area (Å²) in [4.78, 5) is 31.4. The summed E-state index contributed by atoms with van der Waals surface area (Å²) in [5, 5.41) is 11.6. The molecule has 10 nitrogen and oxygen atoms in total. The Bertz CT molecular complexity index is 1130. The Hall–Kier alpha value is -3.27. The molecule has 3 aromatic rings. The minimum Gasteiger partial charge on any atom is -0.378 e. The number of nitrogens with zero attached hydrogens (tertiary/aromatic N) is 6. The van der Waals surface area contributed by atoms with E-state index in [2.05, 4.69) is 20.4 Å². The molecule has 5 rings (SSSR count). The van der Waals surface area contributed by atoms with Gasteiger partial charge in [-0.1, -0.05) is 31.4 Å². The maximum Gasteiger partial charge on any atom is 0.247 e. The lowest BCUT2D eigenvalue weighted by Gasteiger charge is -2.38. The van der Waals surface area contributed by atoms with Crippen LogP contribution in [0.2, 0.25) is 0 Å². The van der Waals surface area contributed by atoms with Gasteiger partial charge in [0.05, 0.1) is 24.9 Å². The van der Waals surface area contributed by atoms with Gasteiger partial charge in [0.1, 0.15) is 5.54 Å². The highest BCUT2D eigenvalue weighted by Crippen LogP contribution is 2.34. The van der Waals surface area contributed by atoms with E-state index in [1.165, 1.54) is 0 Å². The molecular weight excluding hydrogens is 420 g/mol. The molecule has 1 aromatic carbocycles. The van der Waals surface area contributed by atoms with E-state index < -0.39 is 5.54 Å². The van der Waals surface area contributed by atoms with Crippen molar-refractivity contribution in [1.82, 2.24) is 30.0 Å². The summed E-state index contributed by atoms with van der Waals surface area (Å²) >= 11 is 0. The third-order valence-corrected chi connectivity index (χ3v) is 6.52. The van der Waals surface area contributed by atoms with Crippen LogP contribution in [0.25, 0.3) is 22.3 Å². The Morgan fingerprint density at radius 3 is 2.67 bits per heavy atom. The molecule has 0 bridgehead atoms. The molecular formula is C23H30N8O2. The summed E-state index contributed by atoms with van der Waals surface area (Å²) in [5.41, 5.74) is 1.09. The van der Waals surface area contributed by atoms with Crippen molar-refractivity contribution in [1.29, 1.82) is 0 Å². The summed E-state index contributed by atoms with van der Waals surface area (Å²) in [6.45, 7) is 2.68. The molecule has 1 amide bonds. The quantitative estimate of drug-likeness (QED) is 0.610. The number of carbonyl (C=O) groups excluding carboxylic acids is 1. The molecule has 0 atom stereocenters. The molecule has 2 aliphatic rings. The van der Waals surface area contributed by atoms with Gasteiger partial charge in [-0.15, -0.1) is 0 Å². The summed E-state index contributed by atoms with van der Waals surface area (Å²) in [5.74, 6) is 1.65. The van der Waals surface area contributed by atoms with Crippen LogP contribution < -0.4 is 10.2 Å². The lowest BCUT2D eigenvalue weighted by Crippen LogP contribution is -2.53. The average Bonchev–Trinajstić information content (AvgIpc) is 3.33. The highest BCUT2D eigenvalue weighted by molar-refractivity contribution is 5.93. The molecule has 10 heteroatoms. The van der Waals surface area contributed by atoms with Crippen molar-refractivity contribution in [2.24, 2.45) is 0 Å². The minimum atomic E-state index is -0.704. The second-order valence-electron chi connectivity index (χ2n) is 8.99. The number of morpholine rings is 1. The first-order chi connectivity index (χ1) is 16.1. The van der Waals surface area contributed by atoms with Gasteiger partial charge in [0.25, 0.3) is 0 Å². The third kappa shape index (κ3) is 4.22. The number of aromatic amines is 1. The maximum atomic E-state index is 13.3. The second-order valence-corrected chi connectivity index (χ2v) is 8.99. The zero-order valence-electron chi connectivity index (χ0n) is 19.2. The number of hydrogen-bond acceptors (Lipinski definition) is 8. The fourth-order valence-corrected chi connectivity index (χ4v) is 4.80. The molecule has 2 N–H and O–H groups in total. The van der Waals surface area contributed by atoms with E-state index in [0.717, 1.165) is 48.6 Å². The van der Waals surface area contributed by atoms with Crippen molar-refractivity contribution < 1.29 is 9.53 Å². The zero-order valence-corrected chi connectivity index (χ0v) is 19.2. The van der Waals surface area contributed by atoms with Crippen LogP contribution in [0.4, 0.5) is 11.9 Å². The average molecular weight is 451 g/mol. The van der Waals surface area contributed by atoms with E-state index in [4.69, 9.17) is 19.7 Å². The number of nitrogens with one attached hydrogen (secondary N) is 2. The molecule has 0 unspecified atom stereocenters. The lowest BCUT2D eigenvalue weighted by molar-refractivity contribution is -0.134. The largest absolute Gasteiger partial charge is 0.378 e. The van der Waals surface area contributed by atoms with Crippen molar-refractivity contribution in [2.45, 2.75) is 37.6 Å². The monoisotopic (exact) mass is 450 g/mol. The number of hydrogen-bond donors (Lipinski definition) is 2. The van der Waals surface area contributed by atoms with E-state index in [-0.39, 0.29) is 5.91 Å².